The molecule has 0 bridgehead atoms. The number of hydrogen-bond donors (Lipinski definition) is 0. The fraction of sp³-hybridized carbons (Fsp3) is 0.750. The van der Waals surface area contributed by atoms with Crippen molar-refractivity contribution >= 4 is 14.8 Å². The van der Waals surface area contributed by atoms with Gasteiger partial charge in [0, 0.05) is 6.42 Å². The Morgan fingerprint density at radius 3 is 2.47 bits per heavy atom. The van der Waals surface area contributed by atoms with Crippen molar-refractivity contribution in [3.8, 4) is 0 Å². The molecule has 1 aliphatic rings. The van der Waals surface area contributed by atoms with Crippen LogP contribution in [0, 0.1) is 11.3 Å². The van der Waals surface area contributed by atoms with E-state index in [9.17, 15) is 4.79 Å². The van der Waals surface area contributed by atoms with E-state index in [1.54, 1.807) is 0 Å². The van der Waals surface area contributed by atoms with E-state index in [-0.39, 0.29) is 11.2 Å². The Labute approximate surface area is 94.4 Å². The highest BCUT2D eigenvalue weighted by Crippen LogP contribution is 2.35. The maximum absolute atomic E-state index is 11.6. The lowest BCUT2D eigenvalue weighted by Gasteiger charge is -2.31. The number of rotatable bonds is 2. The van der Waals surface area contributed by atoms with Crippen LogP contribution >= 0.6 is 0 Å². The van der Waals surface area contributed by atoms with Gasteiger partial charge in [0.15, 0.2) is 5.78 Å². The summed E-state index contributed by atoms with van der Waals surface area (Å²) in [5, 5.41) is 0. The van der Waals surface area contributed by atoms with Crippen molar-refractivity contribution in [1.82, 2.24) is 0 Å². The average molecular weight is 225 g/mol. The summed E-state index contributed by atoms with van der Waals surface area (Å²) in [4.78, 5) is 11.6. The normalized spacial score (nSPS) is 22.9. The van der Waals surface area contributed by atoms with E-state index in [0.717, 1.165) is 6.42 Å². The summed E-state index contributed by atoms with van der Waals surface area (Å²) >= 11 is 0. The molecule has 0 heterocycles. The predicted octanol–water partition coefficient (Wildman–Crippen LogP) is 3.16. The molecule has 1 atom stereocenters. The highest BCUT2D eigenvalue weighted by atomic mass is 28.3. The van der Waals surface area contributed by atoms with Gasteiger partial charge < -0.3 is 4.43 Å². The molecule has 0 spiro atoms. The van der Waals surface area contributed by atoms with Gasteiger partial charge in [-0.2, -0.15) is 0 Å². The molecule has 0 aromatic rings. The molecule has 0 N–H and O–H groups in total. The highest BCUT2D eigenvalue weighted by molar-refractivity contribution is 6.49. The molecule has 0 aliphatic heterocycles. The smallest absolute Gasteiger partial charge is 0.274 e. The molecule has 85 valence electrons. The van der Waals surface area contributed by atoms with Gasteiger partial charge in [0.05, 0.1) is 0 Å². The van der Waals surface area contributed by atoms with Gasteiger partial charge in [0.25, 0.3) is 9.04 Å². The number of ketones is 1. The molecule has 2 nitrogen and oxygen atoms in total. The van der Waals surface area contributed by atoms with Gasteiger partial charge in [-0.1, -0.05) is 20.8 Å². The van der Waals surface area contributed by atoms with Crippen LogP contribution in [0.25, 0.3) is 0 Å². The van der Waals surface area contributed by atoms with Crippen LogP contribution in [0.4, 0.5) is 0 Å². The van der Waals surface area contributed by atoms with Gasteiger partial charge in [0.1, 0.15) is 5.76 Å². The number of carbonyl (C=O) groups excluding carboxylic acids is 1. The molecule has 1 radical (unpaired) electrons. The monoisotopic (exact) mass is 225 g/mol. The first-order valence-electron chi connectivity index (χ1n) is 5.53. The standard InChI is InChI=1S/C12H21O2Si/c1-12(2,3)9-6-7-10(13)11(8-9)14-15(4)5/h8-9H,6-7H2,1-5H3. The maximum atomic E-state index is 11.6. The summed E-state index contributed by atoms with van der Waals surface area (Å²) in [6.45, 7) is 10.8. The van der Waals surface area contributed by atoms with Crippen LogP contribution < -0.4 is 0 Å². The molecule has 1 unspecified atom stereocenters. The zero-order chi connectivity index (χ0) is 11.6. The molecular weight excluding hydrogens is 204 g/mol. The van der Waals surface area contributed by atoms with E-state index < -0.39 is 9.04 Å². The SMILES string of the molecule is C[Si](C)OC1=CC(C(C)(C)C)CCC1=O. The minimum atomic E-state index is -0.823. The highest BCUT2D eigenvalue weighted by Gasteiger charge is 2.29. The lowest BCUT2D eigenvalue weighted by atomic mass is 9.75. The Kier molecular flexibility index (Phi) is 3.76. The number of hydrogen-bond acceptors (Lipinski definition) is 2. The third kappa shape index (κ3) is 3.49. The third-order valence-electron chi connectivity index (χ3n) is 2.74. The van der Waals surface area contributed by atoms with E-state index >= 15 is 0 Å². The Hall–Kier alpha value is -0.573. The first-order chi connectivity index (χ1) is 6.80. The lowest BCUT2D eigenvalue weighted by Crippen LogP contribution is -2.26. The van der Waals surface area contributed by atoms with Crippen LogP contribution in [0.5, 0.6) is 0 Å². The molecule has 0 saturated heterocycles. The van der Waals surface area contributed by atoms with Gasteiger partial charge in [0.2, 0.25) is 0 Å². The largest absolute Gasteiger partial charge is 0.540 e. The van der Waals surface area contributed by atoms with Crippen LogP contribution in [-0.2, 0) is 9.22 Å². The zero-order valence-electron chi connectivity index (χ0n) is 10.4. The number of Topliss-reactive ketones (excluding diaryl/α,β-unsaturated/α-hetero) is 1. The average Bonchev–Trinajstić information content (AvgIpc) is 2.06. The summed E-state index contributed by atoms with van der Waals surface area (Å²) in [7, 11) is -0.823. The Balaban J connectivity index is 2.81. The fourth-order valence-electron chi connectivity index (χ4n) is 1.76. The molecular formula is C12H21O2Si. The van der Waals surface area contributed by atoms with Crippen LogP contribution in [0.15, 0.2) is 11.8 Å². The summed E-state index contributed by atoms with van der Waals surface area (Å²) < 4.78 is 5.64. The topological polar surface area (TPSA) is 26.3 Å². The molecule has 0 fully saturated rings. The minimum Gasteiger partial charge on any atom is -0.540 e. The quantitative estimate of drug-likeness (QED) is 0.675. The van der Waals surface area contributed by atoms with Crippen molar-refractivity contribution in [1.29, 1.82) is 0 Å². The first kappa shape index (κ1) is 12.5. The zero-order valence-corrected chi connectivity index (χ0v) is 11.4. The van der Waals surface area contributed by atoms with Gasteiger partial charge in [-0.05, 0) is 36.9 Å². The summed E-state index contributed by atoms with van der Waals surface area (Å²) in [6.07, 6.45) is 3.65. The van der Waals surface area contributed by atoms with Crippen LogP contribution in [0.2, 0.25) is 13.1 Å². The molecule has 0 amide bonds. The first-order valence-corrected chi connectivity index (χ1v) is 7.94. The molecule has 3 heteroatoms. The second-order valence-corrected chi connectivity index (χ2v) is 7.50. The van der Waals surface area contributed by atoms with Gasteiger partial charge >= 0.3 is 0 Å². The molecule has 15 heavy (non-hydrogen) atoms. The molecule has 0 saturated carbocycles. The van der Waals surface area contributed by atoms with Crippen molar-refractivity contribution < 1.29 is 9.22 Å². The second-order valence-electron chi connectivity index (χ2n) is 5.48. The fourth-order valence-corrected chi connectivity index (χ4v) is 2.38. The van der Waals surface area contributed by atoms with Crippen LogP contribution in [0.3, 0.4) is 0 Å². The van der Waals surface area contributed by atoms with Crippen LogP contribution in [0.1, 0.15) is 33.6 Å². The molecule has 1 aliphatic carbocycles. The van der Waals surface area contributed by atoms with Crippen molar-refractivity contribution in [3.63, 3.8) is 0 Å². The van der Waals surface area contributed by atoms with E-state index in [2.05, 4.69) is 33.9 Å². The van der Waals surface area contributed by atoms with Crippen molar-refractivity contribution in [2.24, 2.45) is 11.3 Å². The van der Waals surface area contributed by atoms with Gasteiger partial charge in [-0.15, -0.1) is 0 Å². The van der Waals surface area contributed by atoms with E-state index in [0.29, 0.717) is 18.1 Å². The Bertz CT molecular complexity index is 274. The third-order valence-corrected chi connectivity index (χ3v) is 3.36. The van der Waals surface area contributed by atoms with Crippen molar-refractivity contribution in [3.05, 3.63) is 11.8 Å². The number of allylic oxidation sites excluding steroid dienone is 2. The van der Waals surface area contributed by atoms with E-state index in [1.807, 2.05) is 6.08 Å². The van der Waals surface area contributed by atoms with E-state index in [4.69, 9.17) is 4.43 Å². The second kappa shape index (κ2) is 4.52. The molecule has 1 rings (SSSR count). The van der Waals surface area contributed by atoms with Gasteiger partial charge in [-0.3, -0.25) is 4.79 Å². The Morgan fingerprint density at radius 1 is 1.40 bits per heavy atom. The number of carbonyl (C=O) groups is 1. The van der Waals surface area contributed by atoms with Crippen LogP contribution in [-0.4, -0.2) is 14.8 Å². The summed E-state index contributed by atoms with van der Waals surface area (Å²) in [6, 6.07) is 0. The maximum Gasteiger partial charge on any atom is 0.274 e. The van der Waals surface area contributed by atoms with Crippen molar-refractivity contribution in [2.75, 3.05) is 0 Å². The predicted molar refractivity (Wildman–Crippen MR) is 63.8 cm³/mol. The molecule has 0 aromatic heterocycles. The Morgan fingerprint density at radius 2 is 2.00 bits per heavy atom. The summed E-state index contributed by atoms with van der Waals surface area (Å²) in [5.74, 6) is 1.27. The van der Waals surface area contributed by atoms with Crippen molar-refractivity contribution in [2.45, 2.75) is 46.7 Å². The summed E-state index contributed by atoms with van der Waals surface area (Å²) in [5.41, 5.74) is 0.226. The van der Waals surface area contributed by atoms with E-state index in [1.165, 1.54) is 0 Å². The van der Waals surface area contributed by atoms with Gasteiger partial charge in [-0.25, -0.2) is 0 Å². The minimum absolute atomic E-state index is 0.182. The molecule has 0 aromatic carbocycles. The lowest BCUT2D eigenvalue weighted by molar-refractivity contribution is -0.118.